The van der Waals surface area contributed by atoms with Gasteiger partial charge in [0.15, 0.2) is 0 Å². The van der Waals surface area contributed by atoms with Crippen LogP contribution in [0.5, 0.6) is 0 Å². The molecule has 0 unspecified atom stereocenters. The van der Waals surface area contributed by atoms with E-state index in [1.165, 1.54) is 6.08 Å². The summed E-state index contributed by atoms with van der Waals surface area (Å²) >= 11 is 0. The molecule has 0 rings (SSSR count). The van der Waals surface area contributed by atoms with E-state index < -0.39 is 17.5 Å². The van der Waals surface area contributed by atoms with Crippen LogP contribution in [0.2, 0.25) is 0 Å². The summed E-state index contributed by atoms with van der Waals surface area (Å²) in [5.74, 6) is -1.42. The van der Waals surface area contributed by atoms with Gasteiger partial charge in [-0.15, -0.1) is 0 Å². The van der Waals surface area contributed by atoms with Crippen molar-refractivity contribution in [2.24, 2.45) is 0 Å². The minimum atomic E-state index is -0.773. The molecule has 0 aromatic heterocycles. The second-order valence-corrected chi connectivity index (χ2v) is 3.85. The summed E-state index contributed by atoms with van der Waals surface area (Å²) in [7, 11) is 0. The van der Waals surface area contributed by atoms with Crippen LogP contribution in [0.3, 0.4) is 0 Å². The lowest BCUT2D eigenvalue weighted by Crippen LogP contribution is -2.21. The second-order valence-electron chi connectivity index (χ2n) is 3.85. The van der Waals surface area contributed by atoms with Crippen molar-refractivity contribution in [3.05, 3.63) is 24.8 Å². The third-order valence-corrected chi connectivity index (χ3v) is 1.07. The Morgan fingerprint density at radius 2 is 1.75 bits per heavy atom. The lowest BCUT2D eigenvalue weighted by Gasteiger charge is -2.15. The lowest BCUT2D eigenvalue weighted by molar-refractivity contribution is -0.316. The van der Waals surface area contributed by atoms with Gasteiger partial charge in [0.2, 0.25) is 0 Å². The van der Waals surface area contributed by atoms with Gasteiger partial charge in [0.05, 0.1) is 0 Å². The van der Waals surface area contributed by atoms with E-state index in [-0.39, 0.29) is 6.61 Å². The maximum Gasteiger partial charge on any atom is 0.366 e. The molecule has 0 atom stereocenters. The average molecular weight is 228 g/mol. The number of esters is 1. The van der Waals surface area contributed by atoms with Gasteiger partial charge < -0.3 is 4.74 Å². The van der Waals surface area contributed by atoms with Crippen LogP contribution in [0.15, 0.2) is 24.8 Å². The largest absolute Gasteiger partial charge is 0.458 e. The van der Waals surface area contributed by atoms with E-state index in [9.17, 15) is 9.59 Å². The highest BCUT2D eigenvalue weighted by Gasteiger charge is 2.14. The molecule has 0 N–H and O–H groups in total. The molecule has 0 aliphatic carbocycles. The van der Waals surface area contributed by atoms with E-state index in [1.54, 1.807) is 20.8 Å². The molecular formula is C11H16O5. The Balaban J connectivity index is 3.91. The Morgan fingerprint density at radius 3 is 2.25 bits per heavy atom. The highest BCUT2D eigenvalue weighted by atomic mass is 17.2. The smallest absolute Gasteiger partial charge is 0.366 e. The first kappa shape index (κ1) is 14.4. The van der Waals surface area contributed by atoms with Crippen molar-refractivity contribution >= 4 is 11.9 Å². The van der Waals surface area contributed by atoms with Gasteiger partial charge in [-0.05, 0) is 20.8 Å². The van der Waals surface area contributed by atoms with Gasteiger partial charge in [-0.3, -0.25) is 4.89 Å². The number of ether oxygens (including phenoxy) is 1. The Kier molecular flexibility index (Phi) is 6.10. The molecule has 0 aromatic rings. The van der Waals surface area contributed by atoms with Crippen LogP contribution in [0, 0.1) is 0 Å². The molecular weight excluding hydrogens is 212 g/mol. The first-order valence-corrected chi connectivity index (χ1v) is 4.70. The summed E-state index contributed by atoms with van der Waals surface area (Å²) in [5, 5.41) is 0. The Bertz CT molecular complexity index is 285. The fraction of sp³-hybridized carbons (Fsp3) is 0.455. The first-order chi connectivity index (χ1) is 7.35. The van der Waals surface area contributed by atoms with E-state index in [2.05, 4.69) is 16.2 Å². The summed E-state index contributed by atoms with van der Waals surface area (Å²) in [6.45, 7) is 8.64. The maximum absolute atomic E-state index is 11.0. The highest BCUT2D eigenvalue weighted by Crippen LogP contribution is 2.07. The topological polar surface area (TPSA) is 61.8 Å². The number of carbonyl (C=O) groups is 2. The lowest BCUT2D eigenvalue weighted by atomic mass is 10.2. The standard InChI is InChI=1S/C11H16O5/c1-5-8-14-9(12)6-7-10(13)15-16-11(2,3)4/h5-7H,1,8H2,2-4H3. The van der Waals surface area contributed by atoms with Gasteiger partial charge in [-0.2, -0.15) is 4.89 Å². The molecule has 90 valence electrons. The van der Waals surface area contributed by atoms with Crippen molar-refractivity contribution in [2.75, 3.05) is 6.61 Å². The molecule has 0 spiro atoms. The molecule has 0 saturated carbocycles. The SMILES string of the molecule is C=CCOC(=O)C=CC(=O)OOC(C)(C)C. The summed E-state index contributed by atoms with van der Waals surface area (Å²) in [5.41, 5.74) is -0.590. The van der Waals surface area contributed by atoms with Gasteiger partial charge in [-0.25, -0.2) is 9.59 Å². The van der Waals surface area contributed by atoms with E-state index >= 15 is 0 Å². The van der Waals surface area contributed by atoms with Crippen molar-refractivity contribution < 1.29 is 24.1 Å². The van der Waals surface area contributed by atoms with E-state index in [0.717, 1.165) is 12.2 Å². The van der Waals surface area contributed by atoms with Crippen LogP contribution in [0.25, 0.3) is 0 Å². The molecule has 0 fully saturated rings. The molecule has 0 radical (unpaired) electrons. The van der Waals surface area contributed by atoms with Gasteiger partial charge in [0.25, 0.3) is 0 Å². The minimum absolute atomic E-state index is 0.0940. The molecule has 0 aromatic carbocycles. The zero-order valence-electron chi connectivity index (χ0n) is 9.69. The highest BCUT2D eigenvalue weighted by molar-refractivity contribution is 5.91. The minimum Gasteiger partial charge on any atom is -0.458 e. The van der Waals surface area contributed by atoms with Crippen LogP contribution in [0.1, 0.15) is 20.8 Å². The van der Waals surface area contributed by atoms with Gasteiger partial charge >= 0.3 is 11.9 Å². The second kappa shape index (κ2) is 6.79. The fourth-order valence-corrected chi connectivity index (χ4v) is 0.519. The first-order valence-electron chi connectivity index (χ1n) is 4.70. The maximum atomic E-state index is 11.0. The van der Waals surface area contributed by atoms with Crippen LogP contribution in [-0.4, -0.2) is 24.1 Å². The zero-order valence-corrected chi connectivity index (χ0v) is 9.69. The van der Waals surface area contributed by atoms with E-state index in [0.29, 0.717) is 0 Å². The van der Waals surface area contributed by atoms with E-state index in [4.69, 9.17) is 4.89 Å². The molecule has 0 saturated heterocycles. The molecule has 5 heteroatoms. The predicted octanol–water partition coefficient (Wildman–Crippen LogP) is 1.55. The number of carbonyl (C=O) groups excluding carboxylic acids is 2. The van der Waals surface area contributed by atoms with Gasteiger partial charge in [0, 0.05) is 12.2 Å². The summed E-state index contributed by atoms with van der Waals surface area (Å²) in [6, 6.07) is 0. The quantitative estimate of drug-likeness (QED) is 0.235. The summed E-state index contributed by atoms with van der Waals surface area (Å²) in [6.07, 6.45) is 3.31. The van der Waals surface area contributed by atoms with Crippen LogP contribution in [-0.2, 0) is 24.1 Å². The van der Waals surface area contributed by atoms with Gasteiger partial charge in [-0.1, -0.05) is 12.7 Å². The Hall–Kier alpha value is -1.62. The van der Waals surface area contributed by atoms with E-state index in [1.807, 2.05) is 0 Å². The molecule has 0 aliphatic rings. The fourth-order valence-electron chi connectivity index (χ4n) is 0.519. The molecule has 5 nitrogen and oxygen atoms in total. The molecule has 0 bridgehead atoms. The molecule has 0 aliphatic heterocycles. The van der Waals surface area contributed by atoms with Gasteiger partial charge in [0.1, 0.15) is 12.2 Å². The molecule has 0 amide bonds. The van der Waals surface area contributed by atoms with Crippen molar-refractivity contribution in [3.63, 3.8) is 0 Å². The normalized spacial score (nSPS) is 11.2. The predicted molar refractivity (Wildman–Crippen MR) is 57.2 cm³/mol. The third kappa shape index (κ3) is 8.96. The average Bonchev–Trinajstić information content (AvgIpc) is 2.19. The summed E-state index contributed by atoms with van der Waals surface area (Å²) in [4.78, 5) is 31.1. The Morgan fingerprint density at radius 1 is 1.19 bits per heavy atom. The summed E-state index contributed by atoms with van der Waals surface area (Å²) < 4.78 is 4.59. The van der Waals surface area contributed by atoms with Crippen LogP contribution >= 0.6 is 0 Å². The monoisotopic (exact) mass is 228 g/mol. The van der Waals surface area contributed by atoms with Crippen molar-refractivity contribution in [3.8, 4) is 0 Å². The zero-order chi connectivity index (χ0) is 12.6. The van der Waals surface area contributed by atoms with Crippen molar-refractivity contribution in [1.82, 2.24) is 0 Å². The number of hydrogen-bond acceptors (Lipinski definition) is 5. The van der Waals surface area contributed by atoms with Crippen LogP contribution < -0.4 is 0 Å². The number of rotatable bonds is 5. The molecule has 16 heavy (non-hydrogen) atoms. The number of hydrogen-bond donors (Lipinski definition) is 0. The third-order valence-electron chi connectivity index (χ3n) is 1.07. The van der Waals surface area contributed by atoms with Crippen LogP contribution in [0.4, 0.5) is 0 Å². The van der Waals surface area contributed by atoms with Crippen molar-refractivity contribution in [2.45, 2.75) is 26.4 Å². The Labute approximate surface area is 94.6 Å². The molecule has 0 heterocycles. The van der Waals surface area contributed by atoms with Crippen molar-refractivity contribution in [1.29, 1.82) is 0 Å².